The molecule has 1 aliphatic rings. The molecule has 1 fully saturated rings. The topological polar surface area (TPSA) is 64.8 Å². The lowest BCUT2D eigenvalue weighted by molar-refractivity contribution is -0.131. The molecule has 146 valence electrons. The van der Waals surface area contributed by atoms with Crippen LogP contribution in [0.3, 0.4) is 0 Å². The van der Waals surface area contributed by atoms with Crippen LogP contribution in [0.2, 0.25) is 0 Å². The summed E-state index contributed by atoms with van der Waals surface area (Å²) in [5.74, 6) is 2.19. The Morgan fingerprint density at radius 1 is 1.29 bits per heavy atom. The number of nitrogens with zero attached hydrogens (tertiary/aromatic N) is 2. The van der Waals surface area contributed by atoms with Crippen LogP contribution >= 0.6 is 11.3 Å². The average molecular weight is 398 g/mol. The standard InChI is InChI=1S/C21H22N2O4S/c1-25-17-8-7-14(11-19(17)26-2)16-5-3-9-23(16)20(24)12-15-13-28-21(22-15)18-6-4-10-27-18/h4,6-8,10-11,13,16H,3,5,9,12H2,1-2H3. The molecule has 2 aromatic heterocycles. The Hall–Kier alpha value is -2.80. The van der Waals surface area contributed by atoms with Gasteiger partial charge in [0.05, 0.1) is 38.6 Å². The van der Waals surface area contributed by atoms with E-state index in [2.05, 4.69) is 4.98 Å². The minimum absolute atomic E-state index is 0.0514. The molecule has 0 radical (unpaired) electrons. The second-order valence-electron chi connectivity index (χ2n) is 6.66. The van der Waals surface area contributed by atoms with Crippen molar-refractivity contribution in [2.75, 3.05) is 20.8 Å². The molecule has 1 amide bonds. The minimum atomic E-state index is 0.0514. The van der Waals surface area contributed by atoms with Gasteiger partial charge in [0.25, 0.3) is 0 Å². The quantitative estimate of drug-likeness (QED) is 0.618. The van der Waals surface area contributed by atoms with Gasteiger partial charge in [-0.1, -0.05) is 6.07 Å². The van der Waals surface area contributed by atoms with Crippen molar-refractivity contribution in [3.63, 3.8) is 0 Å². The predicted octanol–water partition coefficient (Wildman–Crippen LogP) is 4.33. The predicted molar refractivity (Wildman–Crippen MR) is 107 cm³/mol. The van der Waals surface area contributed by atoms with Crippen molar-refractivity contribution in [3.05, 3.63) is 53.2 Å². The molecule has 0 N–H and O–H groups in total. The molecular weight excluding hydrogens is 376 g/mol. The number of benzene rings is 1. The van der Waals surface area contributed by atoms with Crippen molar-refractivity contribution in [1.29, 1.82) is 0 Å². The molecule has 7 heteroatoms. The monoisotopic (exact) mass is 398 g/mol. The third kappa shape index (κ3) is 3.62. The number of aromatic nitrogens is 1. The summed E-state index contributed by atoms with van der Waals surface area (Å²) in [6.07, 6.45) is 3.84. The molecule has 0 bridgehead atoms. The van der Waals surface area contributed by atoms with E-state index in [9.17, 15) is 4.79 Å². The van der Waals surface area contributed by atoms with Crippen LogP contribution in [-0.2, 0) is 11.2 Å². The fourth-order valence-electron chi connectivity index (χ4n) is 3.63. The van der Waals surface area contributed by atoms with Gasteiger partial charge in [-0.3, -0.25) is 4.79 Å². The Morgan fingerprint density at radius 3 is 2.89 bits per heavy atom. The first-order chi connectivity index (χ1) is 13.7. The molecule has 28 heavy (non-hydrogen) atoms. The van der Waals surface area contributed by atoms with Crippen LogP contribution in [0.5, 0.6) is 11.5 Å². The van der Waals surface area contributed by atoms with Crippen LogP contribution in [0.15, 0.2) is 46.4 Å². The highest BCUT2D eigenvalue weighted by Crippen LogP contribution is 2.37. The largest absolute Gasteiger partial charge is 0.493 e. The summed E-state index contributed by atoms with van der Waals surface area (Å²) in [5, 5.41) is 2.72. The summed E-state index contributed by atoms with van der Waals surface area (Å²) in [6, 6.07) is 9.63. The second kappa shape index (κ2) is 8.06. The number of ether oxygens (including phenoxy) is 2. The third-order valence-electron chi connectivity index (χ3n) is 4.98. The highest BCUT2D eigenvalue weighted by Gasteiger charge is 2.30. The molecule has 1 unspecified atom stereocenters. The van der Waals surface area contributed by atoms with Crippen LogP contribution in [0.1, 0.15) is 30.1 Å². The molecule has 0 saturated carbocycles. The summed E-state index contributed by atoms with van der Waals surface area (Å²) in [5.41, 5.74) is 1.84. The van der Waals surface area contributed by atoms with Crippen LogP contribution in [0.4, 0.5) is 0 Å². The lowest BCUT2D eigenvalue weighted by Gasteiger charge is -2.25. The summed E-state index contributed by atoms with van der Waals surface area (Å²) >= 11 is 1.49. The number of hydrogen-bond donors (Lipinski definition) is 0. The van der Waals surface area contributed by atoms with E-state index < -0.39 is 0 Å². The first-order valence-corrected chi connectivity index (χ1v) is 10.1. The zero-order chi connectivity index (χ0) is 19.5. The van der Waals surface area contributed by atoms with Gasteiger partial charge in [0.1, 0.15) is 0 Å². The Bertz CT molecular complexity index is 951. The first kappa shape index (κ1) is 18.6. The number of carbonyl (C=O) groups excluding carboxylic acids is 1. The Morgan fingerprint density at radius 2 is 2.14 bits per heavy atom. The maximum atomic E-state index is 13.0. The van der Waals surface area contributed by atoms with Gasteiger partial charge in [-0.2, -0.15) is 0 Å². The minimum Gasteiger partial charge on any atom is -0.493 e. The van der Waals surface area contributed by atoms with Gasteiger partial charge in [0.2, 0.25) is 5.91 Å². The zero-order valence-corrected chi connectivity index (χ0v) is 16.7. The molecule has 1 atom stereocenters. The van der Waals surface area contributed by atoms with Crippen LogP contribution in [-0.4, -0.2) is 36.6 Å². The molecule has 0 spiro atoms. The van der Waals surface area contributed by atoms with Gasteiger partial charge < -0.3 is 18.8 Å². The fourth-order valence-corrected chi connectivity index (χ4v) is 4.42. The van der Waals surface area contributed by atoms with E-state index in [1.165, 1.54) is 11.3 Å². The van der Waals surface area contributed by atoms with Gasteiger partial charge in [0, 0.05) is 11.9 Å². The van der Waals surface area contributed by atoms with E-state index in [0.717, 1.165) is 41.4 Å². The fraction of sp³-hybridized carbons (Fsp3) is 0.333. The molecule has 1 aliphatic heterocycles. The van der Waals surface area contributed by atoms with E-state index in [0.29, 0.717) is 17.9 Å². The lowest BCUT2D eigenvalue weighted by Crippen LogP contribution is -2.31. The van der Waals surface area contributed by atoms with E-state index in [4.69, 9.17) is 13.9 Å². The SMILES string of the molecule is COc1ccc(C2CCCN2C(=O)Cc2csc(-c3ccco3)n2)cc1OC. The molecule has 1 saturated heterocycles. The van der Waals surface area contributed by atoms with Crippen LogP contribution in [0, 0.1) is 0 Å². The van der Waals surface area contributed by atoms with Crippen molar-refractivity contribution >= 4 is 17.2 Å². The van der Waals surface area contributed by atoms with Crippen molar-refractivity contribution in [1.82, 2.24) is 9.88 Å². The number of furan rings is 1. The molecular formula is C21H22N2O4S. The van der Waals surface area contributed by atoms with Gasteiger partial charge in [-0.25, -0.2) is 4.98 Å². The Balaban J connectivity index is 1.49. The van der Waals surface area contributed by atoms with Crippen molar-refractivity contribution in [2.45, 2.75) is 25.3 Å². The highest BCUT2D eigenvalue weighted by atomic mass is 32.1. The van der Waals surface area contributed by atoms with E-state index >= 15 is 0 Å². The van der Waals surface area contributed by atoms with Gasteiger partial charge in [0.15, 0.2) is 22.3 Å². The summed E-state index contributed by atoms with van der Waals surface area (Å²) in [4.78, 5) is 19.5. The number of rotatable bonds is 6. The molecule has 6 nitrogen and oxygen atoms in total. The zero-order valence-electron chi connectivity index (χ0n) is 15.9. The number of methoxy groups -OCH3 is 2. The van der Waals surface area contributed by atoms with Crippen molar-refractivity contribution in [2.24, 2.45) is 0 Å². The molecule has 4 rings (SSSR count). The van der Waals surface area contributed by atoms with Crippen molar-refractivity contribution in [3.8, 4) is 22.3 Å². The van der Waals surface area contributed by atoms with Crippen LogP contribution in [0.25, 0.3) is 10.8 Å². The molecule has 0 aliphatic carbocycles. The molecule has 3 aromatic rings. The van der Waals surface area contributed by atoms with Crippen LogP contribution < -0.4 is 9.47 Å². The van der Waals surface area contributed by atoms with Gasteiger partial charge in [-0.15, -0.1) is 11.3 Å². The number of likely N-dealkylation sites (tertiary alicyclic amines) is 1. The first-order valence-electron chi connectivity index (χ1n) is 9.19. The summed E-state index contributed by atoms with van der Waals surface area (Å²) in [6.45, 7) is 0.757. The normalized spacial score (nSPS) is 16.4. The Kier molecular flexibility index (Phi) is 5.34. The maximum Gasteiger partial charge on any atom is 0.229 e. The summed E-state index contributed by atoms with van der Waals surface area (Å²) in [7, 11) is 3.24. The average Bonchev–Trinajstić information content (AvgIpc) is 3.48. The van der Waals surface area contributed by atoms with Gasteiger partial charge in [-0.05, 0) is 42.7 Å². The number of thiazole rings is 1. The lowest BCUT2D eigenvalue weighted by atomic mass is 10.0. The molecule has 1 aromatic carbocycles. The van der Waals surface area contributed by atoms with E-state index in [1.807, 2.05) is 40.6 Å². The third-order valence-corrected chi connectivity index (χ3v) is 5.89. The maximum absolute atomic E-state index is 13.0. The summed E-state index contributed by atoms with van der Waals surface area (Å²) < 4.78 is 16.1. The number of amides is 1. The highest BCUT2D eigenvalue weighted by molar-refractivity contribution is 7.13. The number of carbonyl (C=O) groups is 1. The Labute approximate surface area is 167 Å². The molecule has 3 heterocycles. The smallest absolute Gasteiger partial charge is 0.229 e. The van der Waals surface area contributed by atoms with E-state index in [-0.39, 0.29) is 11.9 Å². The second-order valence-corrected chi connectivity index (χ2v) is 7.52. The van der Waals surface area contributed by atoms with E-state index in [1.54, 1.807) is 20.5 Å². The van der Waals surface area contributed by atoms with Gasteiger partial charge >= 0.3 is 0 Å². The number of hydrogen-bond acceptors (Lipinski definition) is 6. The van der Waals surface area contributed by atoms with Crippen molar-refractivity contribution < 1.29 is 18.7 Å².